The quantitative estimate of drug-likeness (QED) is 0.929. The van der Waals surface area contributed by atoms with Crippen LogP contribution < -0.4 is 5.32 Å². The zero-order chi connectivity index (χ0) is 14.8. The molecule has 2 atom stereocenters. The summed E-state index contributed by atoms with van der Waals surface area (Å²) in [6, 6.07) is 4.89. The SMILES string of the molecule is CC(N[C@@H]1CCN(C(=O)OC(C)(C)C)C1)c1cccs1. The maximum absolute atomic E-state index is 12.0. The molecule has 1 fully saturated rings. The Morgan fingerprint density at radius 3 is 2.90 bits per heavy atom. The zero-order valence-corrected chi connectivity index (χ0v) is 13.5. The first-order chi connectivity index (χ1) is 9.35. The Balaban J connectivity index is 1.82. The van der Waals surface area contributed by atoms with Gasteiger partial charge in [0.25, 0.3) is 0 Å². The van der Waals surface area contributed by atoms with E-state index in [4.69, 9.17) is 4.74 Å². The molecule has 1 N–H and O–H groups in total. The summed E-state index contributed by atoms with van der Waals surface area (Å²) in [7, 11) is 0. The smallest absolute Gasteiger partial charge is 0.410 e. The minimum absolute atomic E-state index is 0.203. The van der Waals surface area contributed by atoms with Gasteiger partial charge in [0.05, 0.1) is 0 Å². The van der Waals surface area contributed by atoms with Crippen molar-refractivity contribution in [1.29, 1.82) is 0 Å². The molecule has 0 aromatic carbocycles. The average Bonchev–Trinajstić information content (AvgIpc) is 2.97. The summed E-state index contributed by atoms with van der Waals surface area (Å²) in [4.78, 5) is 15.1. The average molecular weight is 296 g/mol. The lowest BCUT2D eigenvalue weighted by Crippen LogP contribution is -2.38. The molecule has 0 spiro atoms. The molecule has 20 heavy (non-hydrogen) atoms. The first-order valence-corrected chi connectivity index (χ1v) is 8.00. The molecule has 0 radical (unpaired) electrons. The summed E-state index contributed by atoms with van der Waals surface area (Å²) in [5.74, 6) is 0. The molecule has 1 aromatic rings. The normalized spacial score (nSPS) is 21.0. The Labute approximate surface area is 125 Å². The minimum Gasteiger partial charge on any atom is -0.444 e. The van der Waals surface area contributed by atoms with Crippen LogP contribution in [-0.2, 0) is 4.74 Å². The molecule has 2 rings (SSSR count). The predicted molar refractivity (Wildman–Crippen MR) is 82.1 cm³/mol. The van der Waals surface area contributed by atoms with Crippen molar-refractivity contribution < 1.29 is 9.53 Å². The van der Waals surface area contributed by atoms with Crippen LogP contribution in [0, 0.1) is 0 Å². The molecule has 0 saturated carbocycles. The molecule has 1 unspecified atom stereocenters. The summed E-state index contributed by atoms with van der Waals surface area (Å²) in [6.45, 7) is 9.36. The summed E-state index contributed by atoms with van der Waals surface area (Å²) < 4.78 is 5.41. The van der Waals surface area contributed by atoms with Gasteiger partial charge in [0.2, 0.25) is 0 Å². The van der Waals surface area contributed by atoms with Gasteiger partial charge in [-0.25, -0.2) is 4.79 Å². The van der Waals surface area contributed by atoms with Crippen LogP contribution in [0.15, 0.2) is 17.5 Å². The molecule has 1 aromatic heterocycles. The second kappa shape index (κ2) is 6.14. The van der Waals surface area contributed by atoms with Gasteiger partial charge in [0.1, 0.15) is 5.60 Å². The van der Waals surface area contributed by atoms with Crippen molar-refractivity contribution in [1.82, 2.24) is 10.2 Å². The molecule has 1 amide bonds. The third-order valence-corrected chi connectivity index (χ3v) is 4.35. The van der Waals surface area contributed by atoms with E-state index in [0.29, 0.717) is 12.1 Å². The molecular weight excluding hydrogens is 272 g/mol. The lowest BCUT2D eigenvalue weighted by molar-refractivity contribution is 0.0290. The van der Waals surface area contributed by atoms with Crippen molar-refractivity contribution >= 4 is 17.4 Å². The third kappa shape index (κ3) is 4.21. The van der Waals surface area contributed by atoms with Crippen molar-refractivity contribution in [3.05, 3.63) is 22.4 Å². The van der Waals surface area contributed by atoms with Gasteiger partial charge in [-0.1, -0.05) is 6.07 Å². The van der Waals surface area contributed by atoms with Crippen LogP contribution in [0.3, 0.4) is 0 Å². The topological polar surface area (TPSA) is 41.6 Å². The highest BCUT2D eigenvalue weighted by Gasteiger charge is 2.30. The number of hydrogen-bond acceptors (Lipinski definition) is 4. The first kappa shape index (κ1) is 15.3. The summed E-state index contributed by atoms with van der Waals surface area (Å²) in [5, 5.41) is 5.68. The van der Waals surface area contributed by atoms with Crippen molar-refractivity contribution in [3.8, 4) is 0 Å². The van der Waals surface area contributed by atoms with E-state index < -0.39 is 5.60 Å². The van der Waals surface area contributed by atoms with Crippen molar-refractivity contribution in [2.24, 2.45) is 0 Å². The van der Waals surface area contributed by atoms with E-state index in [1.165, 1.54) is 4.88 Å². The number of likely N-dealkylation sites (tertiary alicyclic amines) is 1. The van der Waals surface area contributed by atoms with Gasteiger partial charge in [-0.15, -0.1) is 11.3 Å². The second-order valence-electron chi connectivity index (χ2n) is 6.32. The van der Waals surface area contributed by atoms with Crippen molar-refractivity contribution in [2.45, 2.75) is 51.8 Å². The fraction of sp³-hybridized carbons (Fsp3) is 0.667. The minimum atomic E-state index is -0.424. The van der Waals surface area contributed by atoms with E-state index in [9.17, 15) is 4.79 Å². The van der Waals surface area contributed by atoms with Gasteiger partial charge in [-0.3, -0.25) is 0 Å². The van der Waals surface area contributed by atoms with E-state index in [1.54, 1.807) is 16.2 Å². The zero-order valence-electron chi connectivity index (χ0n) is 12.7. The number of rotatable bonds is 3. The molecule has 1 aliphatic heterocycles. The van der Waals surface area contributed by atoms with E-state index in [1.807, 2.05) is 20.8 Å². The fourth-order valence-electron chi connectivity index (χ4n) is 2.36. The maximum atomic E-state index is 12.0. The van der Waals surface area contributed by atoms with Gasteiger partial charge in [-0.2, -0.15) is 0 Å². The lowest BCUT2D eigenvalue weighted by atomic mass is 10.2. The number of nitrogens with one attached hydrogen (secondary N) is 1. The number of ether oxygens (including phenoxy) is 1. The Bertz CT molecular complexity index is 439. The van der Waals surface area contributed by atoms with Crippen molar-refractivity contribution in [2.75, 3.05) is 13.1 Å². The van der Waals surface area contributed by atoms with Crippen LogP contribution in [-0.4, -0.2) is 35.7 Å². The molecule has 112 valence electrons. The van der Waals surface area contributed by atoms with Gasteiger partial charge in [0.15, 0.2) is 0 Å². The number of amides is 1. The molecule has 1 aliphatic rings. The Kier molecular flexibility index (Phi) is 4.70. The molecular formula is C15H24N2O2S. The number of carbonyl (C=O) groups is 1. The first-order valence-electron chi connectivity index (χ1n) is 7.12. The lowest BCUT2D eigenvalue weighted by Gasteiger charge is -2.25. The second-order valence-corrected chi connectivity index (χ2v) is 7.30. The molecule has 0 bridgehead atoms. The van der Waals surface area contributed by atoms with Gasteiger partial charge < -0.3 is 15.0 Å². The van der Waals surface area contributed by atoms with Crippen LogP contribution in [0.4, 0.5) is 4.79 Å². The van der Waals surface area contributed by atoms with Crippen molar-refractivity contribution in [3.63, 3.8) is 0 Å². The van der Waals surface area contributed by atoms with Crippen LogP contribution in [0.2, 0.25) is 0 Å². The standard InChI is InChI=1S/C15H24N2O2S/c1-11(13-6-5-9-20-13)16-12-7-8-17(10-12)14(18)19-15(2,3)4/h5-6,9,11-12,16H,7-8,10H2,1-4H3/t11?,12-/m1/s1. The van der Waals surface area contributed by atoms with E-state index in [-0.39, 0.29) is 6.09 Å². The predicted octanol–water partition coefficient (Wildman–Crippen LogP) is 3.41. The van der Waals surface area contributed by atoms with Crippen LogP contribution in [0.5, 0.6) is 0 Å². The molecule has 4 nitrogen and oxygen atoms in total. The number of thiophene rings is 1. The van der Waals surface area contributed by atoms with Crippen LogP contribution >= 0.6 is 11.3 Å². The highest BCUT2D eigenvalue weighted by Crippen LogP contribution is 2.21. The summed E-state index contributed by atoms with van der Waals surface area (Å²) in [5.41, 5.74) is -0.424. The Morgan fingerprint density at radius 1 is 1.55 bits per heavy atom. The number of hydrogen-bond donors (Lipinski definition) is 1. The van der Waals surface area contributed by atoms with E-state index >= 15 is 0 Å². The fourth-order valence-corrected chi connectivity index (χ4v) is 3.11. The number of nitrogens with zero attached hydrogens (tertiary/aromatic N) is 1. The Hall–Kier alpha value is -1.07. The van der Waals surface area contributed by atoms with Gasteiger partial charge >= 0.3 is 6.09 Å². The van der Waals surface area contributed by atoms with E-state index in [2.05, 4.69) is 29.8 Å². The summed E-state index contributed by atoms with van der Waals surface area (Å²) in [6.07, 6.45) is 0.778. The summed E-state index contributed by atoms with van der Waals surface area (Å²) >= 11 is 1.76. The molecule has 1 saturated heterocycles. The monoisotopic (exact) mass is 296 g/mol. The van der Waals surface area contributed by atoms with Gasteiger partial charge in [-0.05, 0) is 45.6 Å². The van der Waals surface area contributed by atoms with Gasteiger partial charge in [0, 0.05) is 30.1 Å². The highest BCUT2D eigenvalue weighted by atomic mass is 32.1. The third-order valence-electron chi connectivity index (χ3n) is 3.30. The Morgan fingerprint density at radius 2 is 2.30 bits per heavy atom. The number of carbonyl (C=O) groups excluding carboxylic acids is 1. The maximum Gasteiger partial charge on any atom is 0.410 e. The largest absolute Gasteiger partial charge is 0.444 e. The molecule has 0 aliphatic carbocycles. The van der Waals surface area contributed by atoms with E-state index in [0.717, 1.165) is 19.5 Å². The molecule has 2 heterocycles. The van der Waals surface area contributed by atoms with Crippen LogP contribution in [0.1, 0.15) is 45.0 Å². The molecule has 5 heteroatoms. The van der Waals surface area contributed by atoms with Crippen LogP contribution in [0.25, 0.3) is 0 Å². The highest BCUT2D eigenvalue weighted by molar-refractivity contribution is 7.10.